The summed E-state index contributed by atoms with van der Waals surface area (Å²) >= 11 is 6.01. The lowest BCUT2D eigenvalue weighted by atomic mass is 9.82. The van der Waals surface area contributed by atoms with Crippen LogP contribution in [0.15, 0.2) is 0 Å². The fourth-order valence-corrected chi connectivity index (χ4v) is 2.03. The molecule has 1 saturated heterocycles. The minimum Gasteiger partial charge on any atom is -0.378 e. The van der Waals surface area contributed by atoms with E-state index in [1.807, 2.05) is 0 Å². The lowest BCUT2D eigenvalue weighted by molar-refractivity contribution is 0.122. The van der Waals surface area contributed by atoms with Crippen molar-refractivity contribution < 1.29 is 4.74 Å². The summed E-state index contributed by atoms with van der Waals surface area (Å²) in [5.74, 6) is 1.64. The van der Waals surface area contributed by atoms with Crippen LogP contribution < -0.4 is 10.2 Å². The molecular formula is C14H24ClN5O. The van der Waals surface area contributed by atoms with Gasteiger partial charge in [-0.1, -0.05) is 27.7 Å². The number of morpholine rings is 1. The molecular weight excluding hydrogens is 290 g/mol. The average molecular weight is 314 g/mol. The van der Waals surface area contributed by atoms with Crippen LogP contribution in [0.3, 0.4) is 0 Å². The molecule has 0 saturated carbocycles. The van der Waals surface area contributed by atoms with Crippen LogP contribution in [0.4, 0.5) is 11.9 Å². The molecule has 21 heavy (non-hydrogen) atoms. The van der Waals surface area contributed by atoms with E-state index in [0.29, 0.717) is 31.0 Å². The monoisotopic (exact) mass is 313 g/mol. The van der Waals surface area contributed by atoms with E-state index in [1.54, 1.807) is 0 Å². The molecule has 0 amide bonds. The number of nitrogens with zero attached hydrogens (tertiary/aromatic N) is 4. The topological polar surface area (TPSA) is 63.2 Å². The van der Waals surface area contributed by atoms with Gasteiger partial charge >= 0.3 is 0 Å². The molecule has 1 aliphatic heterocycles. The highest BCUT2D eigenvalue weighted by Crippen LogP contribution is 2.25. The summed E-state index contributed by atoms with van der Waals surface area (Å²) in [5, 5.41) is 3.49. The first-order valence-corrected chi connectivity index (χ1v) is 7.72. The Labute approximate surface area is 131 Å². The van der Waals surface area contributed by atoms with Gasteiger partial charge in [0.05, 0.1) is 13.2 Å². The Morgan fingerprint density at radius 3 is 2.52 bits per heavy atom. The smallest absolute Gasteiger partial charge is 0.231 e. The number of nitrogens with one attached hydrogen (secondary N) is 1. The molecule has 0 aliphatic carbocycles. The van der Waals surface area contributed by atoms with Crippen LogP contribution in [0, 0.1) is 11.3 Å². The van der Waals surface area contributed by atoms with Gasteiger partial charge in [-0.25, -0.2) is 0 Å². The van der Waals surface area contributed by atoms with Gasteiger partial charge in [-0.2, -0.15) is 15.0 Å². The summed E-state index contributed by atoms with van der Waals surface area (Å²) in [6, 6.07) is 0. The van der Waals surface area contributed by atoms with Crippen molar-refractivity contribution >= 4 is 23.5 Å². The molecule has 1 atom stereocenters. The highest BCUT2D eigenvalue weighted by Gasteiger charge is 2.21. The molecule has 1 aliphatic rings. The second-order valence-corrected chi connectivity index (χ2v) is 6.81. The molecule has 2 rings (SSSR count). The maximum Gasteiger partial charge on any atom is 0.231 e. The molecule has 6 nitrogen and oxygen atoms in total. The molecule has 0 radical (unpaired) electrons. The van der Waals surface area contributed by atoms with Crippen LogP contribution in [-0.2, 0) is 4.74 Å². The van der Waals surface area contributed by atoms with E-state index in [1.165, 1.54) is 0 Å². The van der Waals surface area contributed by atoms with E-state index in [9.17, 15) is 0 Å². The zero-order chi connectivity index (χ0) is 15.5. The number of rotatable bonds is 4. The zero-order valence-corrected chi connectivity index (χ0v) is 13.9. The second-order valence-electron chi connectivity index (χ2n) is 6.48. The molecule has 0 bridgehead atoms. The van der Waals surface area contributed by atoms with Crippen LogP contribution in [-0.4, -0.2) is 47.8 Å². The van der Waals surface area contributed by atoms with Crippen molar-refractivity contribution in [3.05, 3.63) is 5.28 Å². The molecule has 1 unspecified atom stereocenters. The molecule has 1 fully saturated rings. The molecule has 2 heterocycles. The van der Waals surface area contributed by atoms with Crippen molar-refractivity contribution in [1.29, 1.82) is 0 Å². The van der Waals surface area contributed by atoms with Crippen LogP contribution >= 0.6 is 11.6 Å². The maximum atomic E-state index is 6.01. The number of ether oxygens (including phenoxy) is 1. The SMILES string of the molecule is CC(CNc1nc(Cl)nc(N2CCOCC2)n1)C(C)(C)C. The Balaban J connectivity index is 2.04. The highest BCUT2D eigenvalue weighted by molar-refractivity contribution is 6.28. The molecule has 0 spiro atoms. The van der Waals surface area contributed by atoms with E-state index in [-0.39, 0.29) is 10.7 Å². The first kappa shape index (κ1) is 16.2. The minimum absolute atomic E-state index is 0.220. The lowest BCUT2D eigenvalue weighted by Crippen LogP contribution is -2.37. The van der Waals surface area contributed by atoms with Crippen LogP contribution in [0.5, 0.6) is 0 Å². The van der Waals surface area contributed by atoms with Gasteiger partial charge < -0.3 is 15.0 Å². The largest absolute Gasteiger partial charge is 0.378 e. The van der Waals surface area contributed by atoms with Crippen molar-refractivity contribution in [2.45, 2.75) is 27.7 Å². The molecule has 1 N–H and O–H groups in total. The first-order valence-electron chi connectivity index (χ1n) is 7.34. The van der Waals surface area contributed by atoms with Gasteiger partial charge in [0.2, 0.25) is 17.2 Å². The number of hydrogen-bond donors (Lipinski definition) is 1. The quantitative estimate of drug-likeness (QED) is 0.921. The molecule has 0 aromatic carbocycles. The molecule has 1 aromatic rings. The lowest BCUT2D eigenvalue weighted by Gasteiger charge is -2.28. The van der Waals surface area contributed by atoms with Gasteiger partial charge in [-0.15, -0.1) is 0 Å². The third-order valence-corrected chi connectivity index (χ3v) is 4.10. The van der Waals surface area contributed by atoms with Gasteiger partial charge in [-0.05, 0) is 22.9 Å². The molecule has 1 aromatic heterocycles. The summed E-state index contributed by atoms with van der Waals surface area (Å²) in [6.07, 6.45) is 0. The number of hydrogen-bond acceptors (Lipinski definition) is 6. The normalized spacial score (nSPS) is 17.7. The summed E-state index contributed by atoms with van der Waals surface area (Å²) in [6.45, 7) is 12.6. The fourth-order valence-electron chi connectivity index (χ4n) is 1.87. The summed E-state index contributed by atoms with van der Waals surface area (Å²) in [7, 11) is 0. The maximum absolute atomic E-state index is 6.01. The van der Waals surface area contributed by atoms with Gasteiger partial charge in [0.1, 0.15) is 0 Å². The van der Waals surface area contributed by atoms with Gasteiger partial charge in [0.25, 0.3) is 0 Å². The van der Waals surface area contributed by atoms with Gasteiger partial charge in [0, 0.05) is 19.6 Å². The zero-order valence-electron chi connectivity index (χ0n) is 13.2. The minimum atomic E-state index is 0.220. The van der Waals surface area contributed by atoms with E-state index >= 15 is 0 Å². The standard InChI is InChI=1S/C14H24ClN5O/c1-10(14(2,3)4)9-16-12-17-11(15)18-13(19-12)20-5-7-21-8-6-20/h10H,5-9H2,1-4H3,(H,16,17,18,19). The summed E-state index contributed by atoms with van der Waals surface area (Å²) in [4.78, 5) is 14.9. The van der Waals surface area contributed by atoms with Crippen LogP contribution in [0.25, 0.3) is 0 Å². The molecule has 118 valence electrons. The Kier molecular flexibility index (Phi) is 5.22. The van der Waals surface area contributed by atoms with E-state index < -0.39 is 0 Å². The van der Waals surface area contributed by atoms with Crippen LogP contribution in [0.2, 0.25) is 5.28 Å². The summed E-state index contributed by atoms with van der Waals surface area (Å²) < 4.78 is 5.34. The van der Waals surface area contributed by atoms with E-state index in [0.717, 1.165) is 19.6 Å². The van der Waals surface area contributed by atoms with Crippen molar-refractivity contribution in [3.8, 4) is 0 Å². The number of halogens is 1. The predicted molar refractivity (Wildman–Crippen MR) is 85.0 cm³/mol. The Morgan fingerprint density at radius 2 is 1.90 bits per heavy atom. The van der Waals surface area contributed by atoms with Crippen LogP contribution in [0.1, 0.15) is 27.7 Å². The predicted octanol–water partition coefficient (Wildman–Crippen LogP) is 2.46. The fraction of sp³-hybridized carbons (Fsp3) is 0.786. The number of anilines is 2. The Morgan fingerprint density at radius 1 is 1.24 bits per heavy atom. The van der Waals surface area contributed by atoms with Crippen molar-refractivity contribution in [2.75, 3.05) is 43.1 Å². The summed E-state index contributed by atoms with van der Waals surface area (Å²) in [5.41, 5.74) is 0.233. The van der Waals surface area contributed by atoms with Crippen molar-refractivity contribution in [3.63, 3.8) is 0 Å². The third-order valence-electron chi connectivity index (χ3n) is 3.94. The first-order chi connectivity index (χ1) is 9.86. The van der Waals surface area contributed by atoms with Gasteiger partial charge in [-0.3, -0.25) is 0 Å². The highest BCUT2D eigenvalue weighted by atomic mass is 35.5. The van der Waals surface area contributed by atoms with E-state index in [4.69, 9.17) is 16.3 Å². The van der Waals surface area contributed by atoms with Gasteiger partial charge in [0.15, 0.2) is 0 Å². The van der Waals surface area contributed by atoms with Crippen molar-refractivity contribution in [1.82, 2.24) is 15.0 Å². The van der Waals surface area contributed by atoms with E-state index in [2.05, 4.69) is 52.9 Å². The van der Waals surface area contributed by atoms with Crippen molar-refractivity contribution in [2.24, 2.45) is 11.3 Å². The number of aromatic nitrogens is 3. The average Bonchev–Trinajstić information content (AvgIpc) is 2.44. The Bertz CT molecular complexity index is 471. The second kappa shape index (κ2) is 6.75. The molecule has 7 heteroatoms. The third kappa shape index (κ3) is 4.68. The Hall–Kier alpha value is -1.14.